The molecule has 0 radical (unpaired) electrons. The van der Waals surface area contributed by atoms with Crippen LogP contribution in [0, 0.1) is 0 Å². The minimum atomic E-state index is 0.615. The van der Waals surface area contributed by atoms with Gasteiger partial charge in [0.15, 0.2) is 5.11 Å². The third-order valence-electron chi connectivity index (χ3n) is 6.35. The van der Waals surface area contributed by atoms with E-state index in [9.17, 15) is 0 Å². The highest BCUT2D eigenvalue weighted by Gasteiger charge is 2.16. The highest BCUT2D eigenvalue weighted by atomic mass is 35.5. The number of benzene rings is 3. The smallest absolute Gasteiger partial charge is 0.173 e. The van der Waals surface area contributed by atoms with Crippen LogP contribution in [0.15, 0.2) is 91.1 Å². The first-order valence-electron chi connectivity index (χ1n) is 12.5. The summed E-state index contributed by atoms with van der Waals surface area (Å²) in [6.07, 6.45) is 3.03. The van der Waals surface area contributed by atoms with E-state index in [-0.39, 0.29) is 0 Å². The Hall–Kier alpha value is -3.19. The summed E-state index contributed by atoms with van der Waals surface area (Å²) in [6.45, 7) is 3.09. The maximum atomic E-state index is 6.27. The molecule has 0 fully saturated rings. The lowest BCUT2D eigenvalue weighted by Crippen LogP contribution is -2.37. The monoisotopic (exact) mass is 566 g/mol. The predicted octanol–water partition coefficient (Wildman–Crippen LogP) is 7.58. The van der Waals surface area contributed by atoms with Gasteiger partial charge in [-0.05, 0) is 78.8 Å². The summed E-state index contributed by atoms with van der Waals surface area (Å²) in [4.78, 5) is 4.46. The summed E-state index contributed by atoms with van der Waals surface area (Å²) in [7, 11) is 3.75. The van der Waals surface area contributed by atoms with Gasteiger partial charge in [0.25, 0.3) is 0 Å². The Balaban J connectivity index is 1.50. The Morgan fingerprint density at radius 3 is 2.39 bits per heavy atom. The van der Waals surface area contributed by atoms with E-state index in [1.165, 1.54) is 16.9 Å². The van der Waals surface area contributed by atoms with Crippen molar-refractivity contribution in [2.75, 3.05) is 37.5 Å². The number of thiocarbonyl (C=S) groups is 1. The SMILES string of the molecule is COc1ccc(Cl)cc1NC(=S)N(CCCN(C)c1ccccc1)Cc1cccn1Cc1ccc(Cl)cc1. The molecule has 1 N–H and O–H groups in total. The van der Waals surface area contributed by atoms with Crippen molar-refractivity contribution in [1.29, 1.82) is 0 Å². The zero-order chi connectivity index (χ0) is 26.9. The number of aromatic nitrogens is 1. The molecule has 0 aliphatic rings. The van der Waals surface area contributed by atoms with Crippen LogP contribution in [-0.2, 0) is 13.1 Å². The molecule has 198 valence electrons. The number of anilines is 2. The number of rotatable bonds is 11. The predicted molar refractivity (Wildman–Crippen MR) is 164 cm³/mol. The molecule has 38 heavy (non-hydrogen) atoms. The van der Waals surface area contributed by atoms with Crippen LogP contribution in [0.5, 0.6) is 5.75 Å². The average Bonchev–Trinajstić information content (AvgIpc) is 3.36. The molecule has 0 amide bonds. The van der Waals surface area contributed by atoms with E-state index in [4.69, 9.17) is 40.2 Å². The first kappa shape index (κ1) is 27.8. The molecule has 1 aromatic heterocycles. The van der Waals surface area contributed by atoms with Crippen molar-refractivity contribution < 1.29 is 4.74 Å². The van der Waals surface area contributed by atoms with Gasteiger partial charge in [0.1, 0.15) is 5.75 Å². The molecule has 0 unspecified atom stereocenters. The van der Waals surface area contributed by atoms with E-state index >= 15 is 0 Å². The molecule has 0 bridgehead atoms. The molecule has 8 heteroatoms. The van der Waals surface area contributed by atoms with E-state index in [1.54, 1.807) is 13.2 Å². The van der Waals surface area contributed by atoms with Gasteiger partial charge in [0, 0.05) is 54.3 Å². The maximum Gasteiger partial charge on any atom is 0.173 e. The molecule has 0 atom stereocenters. The summed E-state index contributed by atoms with van der Waals surface area (Å²) in [5.74, 6) is 0.687. The quantitative estimate of drug-likeness (QED) is 0.189. The van der Waals surface area contributed by atoms with E-state index in [0.717, 1.165) is 36.8 Å². The molecule has 4 aromatic rings. The van der Waals surface area contributed by atoms with Crippen molar-refractivity contribution in [2.24, 2.45) is 0 Å². The molecule has 0 aliphatic carbocycles. The lowest BCUT2D eigenvalue weighted by molar-refractivity contribution is 0.398. The molecule has 0 spiro atoms. The third-order valence-corrected chi connectivity index (χ3v) is 7.20. The van der Waals surface area contributed by atoms with E-state index in [0.29, 0.717) is 22.4 Å². The van der Waals surface area contributed by atoms with Crippen molar-refractivity contribution in [2.45, 2.75) is 19.5 Å². The van der Waals surface area contributed by atoms with E-state index in [1.807, 2.05) is 30.3 Å². The number of hydrogen-bond donors (Lipinski definition) is 1. The lowest BCUT2D eigenvalue weighted by Gasteiger charge is -2.28. The fourth-order valence-corrected chi connectivity index (χ4v) is 4.83. The topological polar surface area (TPSA) is 32.7 Å². The van der Waals surface area contributed by atoms with Gasteiger partial charge < -0.3 is 24.4 Å². The normalized spacial score (nSPS) is 10.7. The summed E-state index contributed by atoms with van der Waals surface area (Å²) in [5, 5.41) is 5.34. The van der Waals surface area contributed by atoms with Crippen molar-refractivity contribution in [3.05, 3.63) is 112 Å². The Morgan fingerprint density at radius 2 is 1.66 bits per heavy atom. The Morgan fingerprint density at radius 1 is 0.921 bits per heavy atom. The van der Waals surface area contributed by atoms with Crippen LogP contribution < -0.4 is 15.0 Å². The summed E-state index contributed by atoms with van der Waals surface area (Å²) in [6, 6.07) is 28.0. The van der Waals surface area contributed by atoms with Crippen LogP contribution in [0.25, 0.3) is 0 Å². The van der Waals surface area contributed by atoms with Gasteiger partial charge >= 0.3 is 0 Å². The van der Waals surface area contributed by atoms with Gasteiger partial charge in [-0.1, -0.05) is 53.5 Å². The van der Waals surface area contributed by atoms with Crippen LogP contribution in [0.2, 0.25) is 10.0 Å². The molecule has 4 rings (SSSR count). The molecule has 3 aromatic carbocycles. The van der Waals surface area contributed by atoms with Crippen LogP contribution in [-0.4, -0.2) is 41.8 Å². The van der Waals surface area contributed by atoms with Crippen molar-refractivity contribution >= 4 is 51.9 Å². The summed E-state index contributed by atoms with van der Waals surface area (Å²) >= 11 is 18.3. The van der Waals surface area contributed by atoms with Gasteiger partial charge in [0.2, 0.25) is 0 Å². The highest BCUT2D eigenvalue weighted by molar-refractivity contribution is 7.80. The largest absolute Gasteiger partial charge is 0.495 e. The maximum absolute atomic E-state index is 6.27. The standard InChI is InChI=1S/C30H32Cl2N4OS/c1-34(26-8-4-3-5-9-26)17-7-19-36(30(38)33-28-20-25(32)15-16-29(28)37-2)22-27-10-6-18-35(27)21-23-11-13-24(31)14-12-23/h3-6,8-16,18,20H,7,17,19,21-22H2,1-2H3,(H,33,38). The minimum Gasteiger partial charge on any atom is -0.495 e. The Labute approximate surface area is 240 Å². The number of ether oxygens (including phenoxy) is 1. The number of hydrogen-bond acceptors (Lipinski definition) is 3. The molecule has 0 aliphatic heterocycles. The van der Waals surface area contributed by atoms with E-state index < -0.39 is 0 Å². The summed E-state index contributed by atoms with van der Waals surface area (Å²) < 4.78 is 7.77. The van der Waals surface area contributed by atoms with Crippen molar-refractivity contribution in [1.82, 2.24) is 9.47 Å². The molecule has 1 heterocycles. The second-order valence-corrected chi connectivity index (χ2v) is 10.3. The van der Waals surface area contributed by atoms with Crippen molar-refractivity contribution in [3.8, 4) is 5.75 Å². The van der Waals surface area contributed by atoms with Gasteiger partial charge in [-0.15, -0.1) is 0 Å². The van der Waals surface area contributed by atoms with Gasteiger partial charge in [-0.3, -0.25) is 0 Å². The number of nitrogens with zero attached hydrogens (tertiary/aromatic N) is 3. The number of nitrogens with one attached hydrogen (secondary N) is 1. The first-order valence-corrected chi connectivity index (χ1v) is 13.6. The third kappa shape index (κ3) is 7.67. The van der Waals surface area contributed by atoms with Gasteiger partial charge in [-0.25, -0.2) is 0 Å². The second kappa shape index (κ2) is 13.6. The molecular formula is C30H32Cl2N4OS. The second-order valence-electron chi connectivity index (χ2n) is 9.06. The Kier molecular flexibility index (Phi) is 9.93. The number of halogens is 2. The fraction of sp³-hybridized carbons (Fsp3) is 0.233. The molecular weight excluding hydrogens is 535 g/mol. The molecule has 5 nitrogen and oxygen atoms in total. The zero-order valence-electron chi connectivity index (χ0n) is 21.6. The van der Waals surface area contributed by atoms with Gasteiger partial charge in [0.05, 0.1) is 19.3 Å². The minimum absolute atomic E-state index is 0.615. The fourth-order valence-electron chi connectivity index (χ4n) is 4.26. The van der Waals surface area contributed by atoms with Crippen LogP contribution >= 0.6 is 35.4 Å². The molecule has 0 saturated heterocycles. The van der Waals surface area contributed by atoms with Gasteiger partial charge in [-0.2, -0.15) is 0 Å². The molecule has 0 saturated carbocycles. The summed E-state index contributed by atoms with van der Waals surface area (Å²) in [5.41, 5.74) is 4.29. The Bertz CT molecular complexity index is 1330. The first-order chi connectivity index (χ1) is 18.4. The zero-order valence-corrected chi connectivity index (χ0v) is 23.9. The van der Waals surface area contributed by atoms with Crippen LogP contribution in [0.4, 0.5) is 11.4 Å². The van der Waals surface area contributed by atoms with Crippen LogP contribution in [0.3, 0.4) is 0 Å². The number of methoxy groups -OCH3 is 1. The average molecular weight is 568 g/mol. The lowest BCUT2D eigenvalue weighted by atomic mass is 10.2. The van der Waals surface area contributed by atoms with E-state index in [2.05, 4.69) is 81.5 Å². The van der Waals surface area contributed by atoms with Crippen molar-refractivity contribution in [3.63, 3.8) is 0 Å². The number of para-hydroxylation sites is 1. The van der Waals surface area contributed by atoms with Crippen LogP contribution in [0.1, 0.15) is 17.7 Å². The highest BCUT2D eigenvalue weighted by Crippen LogP contribution is 2.28.